The molecule has 2 saturated heterocycles. The van der Waals surface area contributed by atoms with Gasteiger partial charge in [-0.15, -0.1) is 0 Å². The van der Waals surface area contributed by atoms with E-state index in [0.29, 0.717) is 5.95 Å². The third-order valence-electron chi connectivity index (χ3n) is 5.64. The maximum atomic E-state index is 11.4. The van der Waals surface area contributed by atoms with Gasteiger partial charge in [0, 0.05) is 43.9 Å². The first-order valence-electron chi connectivity index (χ1n) is 10.2. The second kappa shape index (κ2) is 8.65. The van der Waals surface area contributed by atoms with Gasteiger partial charge in [-0.2, -0.15) is 4.98 Å². The van der Waals surface area contributed by atoms with Gasteiger partial charge in [0.15, 0.2) is 0 Å². The molecular weight excluding hydrogens is 368 g/mol. The monoisotopic (exact) mass is 396 g/mol. The van der Waals surface area contributed by atoms with Crippen LogP contribution in [0.15, 0.2) is 30.5 Å². The molecule has 2 aliphatic rings. The highest BCUT2D eigenvalue weighted by atomic mass is 16.5. The number of nitrogens with two attached hydrogens (primary N) is 1. The molecule has 4 rings (SSSR count). The number of piperidine rings is 1. The van der Waals surface area contributed by atoms with E-state index in [2.05, 4.69) is 26.2 Å². The van der Waals surface area contributed by atoms with Gasteiger partial charge in [0.2, 0.25) is 11.9 Å². The molecule has 0 aliphatic carbocycles. The molecular formula is C21H28N6O2. The van der Waals surface area contributed by atoms with Crippen LogP contribution in [0.2, 0.25) is 0 Å². The van der Waals surface area contributed by atoms with E-state index in [-0.39, 0.29) is 11.8 Å². The summed E-state index contributed by atoms with van der Waals surface area (Å²) in [5.74, 6) is 1.25. The summed E-state index contributed by atoms with van der Waals surface area (Å²) in [5, 5.41) is 3.40. The van der Waals surface area contributed by atoms with Crippen molar-refractivity contribution in [3.8, 4) is 0 Å². The Morgan fingerprint density at radius 3 is 2.59 bits per heavy atom. The molecule has 8 nitrogen and oxygen atoms in total. The van der Waals surface area contributed by atoms with E-state index in [1.807, 2.05) is 31.3 Å². The zero-order valence-electron chi connectivity index (χ0n) is 16.8. The van der Waals surface area contributed by atoms with E-state index < -0.39 is 0 Å². The number of aromatic nitrogens is 2. The molecule has 2 aliphatic heterocycles. The van der Waals surface area contributed by atoms with Crippen LogP contribution in [0.3, 0.4) is 0 Å². The smallest absolute Gasteiger partial charge is 0.229 e. The molecule has 0 atom stereocenters. The largest absolute Gasteiger partial charge is 0.378 e. The summed E-state index contributed by atoms with van der Waals surface area (Å²) in [6, 6.07) is 8.21. The van der Waals surface area contributed by atoms with Gasteiger partial charge in [0.05, 0.1) is 24.6 Å². The van der Waals surface area contributed by atoms with Gasteiger partial charge in [0.1, 0.15) is 5.82 Å². The lowest BCUT2D eigenvalue weighted by molar-refractivity contribution is -0.122. The topological polar surface area (TPSA) is 96.6 Å². The Morgan fingerprint density at radius 2 is 1.86 bits per heavy atom. The number of hydrogen-bond donors (Lipinski definition) is 2. The number of anilines is 4. The number of primary amides is 1. The molecule has 2 fully saturated rings. The summed E-state index contributed by atoms with van der Waals surface area (Å²) in [5.41, 5.74) is 8.60. The summed E-state index contributed by atoms with van der Waals surface area (Å²) in [6.45, 7) is 6.77. The molecule has 0 unspecified atom stereocenters. The minimum Gasteiger partial charge on any atom is -0.378 e. The lowest BCUT2D eigenvalue weighted by Crippen LogP contribution is -2.39. The lowest BCUT2D eigenvalue weighted by atomic mass is 9.96. The van der Waals surface area contributed by atoms with Crippen molar-refractivity contribution in [2.24, 2.45) is 11.7 Å². The van der Waals surface area contributed by atoms with Crippen molar-refractivity contribution in [1.82, 2.24) is 9.97 Å². The highest BCUT2D eigenvalue weighted by Crippen LogP contribution is 2.30. The summed E-state index contributed by atoms with van der Waals surface area (Å²) in [6.07, 6.45) is 3.38. The maximum Gasteiger partial charge on any atom is 0.229 e. The molecule has 3 N–H and O–H groups in total. The highest BCUT2D eigenvalue weighted by molar-refractivity contribution is 5.77. The van der Waals surface area contributed by atoms with Gasteiger partial charge in [-0.3, -0.25) is 4.79 Å². The number of aryl methyl sites for hydroxylation is 1. The van der Waals surface area contributed by atoms with Gasteiger partial charge in [-0.1, -0.05) is 12.1 Å². The van der Waals surface area contributed by atoms with Gasteiger partial charge in [-0.05, 0) is 31.9 Å². The van der Waals surface area contributed by atoms with Crippen LogP contribution in [0.25, 0.3) is 0 Å². The molecule has 1 aromatic heterocycles. The number of morpholine rings is 1. The fourth-order valence-corrected chi connectivity index (χ4v) is 3.97. The number of para-hydroxylation sites is 2. The first kappa shape index (κ1) is 19.4. The highest BCUT2D eigenvalue weighted by Gasteiger charge is 2.25. The summed E-state index contributed by atoms with van der Waals surface area (Å²) in [4.78, 5) is 25.3. The maximum absolute atomic E-state index is 11.4. The van der Waals surface area contributed by atoms with E-state index in [1.54, 1.807) is 0 Å². The Bertz CT molecular complexity index is 860. The minimum atomic E-state index is -0.203. The van der Waals surface area contributed by atoms with Gasteiger partial charge >= 0.3 is 0 Å². The van der Waals surface area contributed by atoms with Crippen molar-refractivity contribution in [3.05, 3.63) is 36.0 Å². The van der Waals surface area contributed by atoms with Crippen molar-refractivity contribution in [3.63, 3.8) is 0 Å². The van der Waals surface area contributed by atoms with E-state index in [1.165, 1.54) is 0 Å². The average molecular weight is 396 g/mol. The van der Waals surface area contributed by atoms with Gasteiger partial charge in [-0.25, -0.2) is 4.98 Å². The molecule has 154 valence electrons. The van der Waals surface area contributed by atoms with Crippen molar-refractivity contribution >= 4 is 29.0 Å². The van der Waals surface area contributed by atoms with Crippen LogP contribution >= 0.6 is 0 Å². The van der Waals surface area contributed by atoms with Gasteiger partial charge < -0.3 is 25.6 Å². The first-order chi connectivity index (χ1) is 14.1. The predicted molar refractivity (Wildman–Crippen MR) is 114 cm³/mol. The molecule has 3 heterocycles. The second-order valence-corrected chi connectivity index (χ2v) is 7.61. The van der Waals surface area contributed by atoms with Crippen LogP contribution in [0.4, 0.5) is 23.1 Å². The van der Waals surface area contributed by atoms with Crippen LogP contribution in [-0.4, -0.2) is 55.3 Å². The quantitative estimate of drug-likeness (QED) is 0.798. The minimum absolute atomic E-state index is 0.0358. The Labute approximate surface area is 171 Å². The number of benzene rings is 1. The number of ether oxygens (including phenoxy) is 1. The third kappa shape index (κ3) is 4.42. The Kier molecular flexibility index (Phi) is 5.80. The Balaban J connectivity index is 1.52. The molecule has 1 amide bonds. The number of amides is 1. The molecule has 1 aromatic carbocycles. The number of rotatable bonds is 5. The Morgan fingerprint density at radius 1 is 1.14 bits per heavy atom. The molecule has 0 radical (unpaired) electrons. The van der Waals surface area contributed by atoms with Crippen molar-refractivity contribution in [2.75, 3.05) is 54.5 Å². The van der Waals surface area contributed by atoms with Gasteiger partial charge in [0.25, 0.3) is 0 Å². The van der Waals surface area contributed by atoms with E-state index in [4.69, 9.17) is 15.5 Å². The number of carbonyl (C=O) groups is 1. The number of nitrogens with one attached hydrogen (secondary N) is 1. The fourth-order valence-electron chi connectivity index (χ4n) is 3.97. The number of carbonyl (C=O) groups excluding carboxylic acids is 1. The molecule has 0 spiro atoms. The van der Waals surface area contributed by atoms with E-state index >= 15 is 0 Å². The van der Waals surface area contributed by atoms with E-state index in [9.17, 15) is 4.79 Å². The average Bonchev–Trinajstić information content (AvgIpc) is 2.76. The van der Waals surface area contributed by atoms with Crippen molar-refractivity contribution < 1.29 is 9.53 Å². The standard InChI is InChI=1S/C21H28N6O2/c1-15-14-23-21(25-20(15)27-8-6-16(7-9-27)19(22)28)24-17-4-2-3-5-18(17)26-10-12-29-13-11-26/h2-5,14,16H,6-13H2,1H3,(H2,22,28)(H,23,24,25). The summed E-state index contributed by atoms with van der Waals surface area (Å²) in [7, 11) is 0. The van der Waals surface area contributed by atoms with Crippen LogP contribution in [0, 0.1) is 12.8 Å². The fraction of sp³-hybridized carbons (Fsp3) is 0.476. The normalized spacial score (nSPS) is 18.0. The van der Waals surface area contributed by atoms with Crippen LogP contribution in [0.5, 0.6) is 0 Å². The third-order valence-corrected chi connectivity index (χ3v) is 5.64. The Hall–Kier alpha value is -2.87. The molecule has 8 heteroatoms. The predicted octanol–water partition coefficient (Wildman–Crippen LogP) is 2.07. The number of nitrogens with zero attached hydrogens (tertiary/aromatic N) is 4. The first-order valence-corrected chi connectivity index (χ1v) is 10.2. The summed E-state index contributed by atoms with van der Waals surface area (Å²) >= 11 is 0. The van der Waals surface area contributed by atoms with E-state index in [0.717, 1.165) is 75.0 Å². The molecule has 0 bridgehead atoms. The van der Waals surface area contributed by atoms with Crippen LogP contribution in [0.1, 0.15) is 18.4 Å². The van der Waals surface area contributed by atoms with Crippen LogP contribution in [-0.2, 0) is 9.53 Å². The second-order valence-electron chi connectivity index (χ2n) is 7.61. The molecule has 2 aromatic rings. The van der Waals surface area contributed by atoms with Crippen molar-refractivity contribution in [2.45, 2.75) is 19.8 Å². The molecule has 29 heavy (non-hydrogen) atoms. The van der Waals surface area contributed by atoms with Crippen molar-refractivity contribution in [1.29, 1.82) is 0 Å². The van der Waals surface area contributed by atoms with Crippen LogP contribution < -0.4 is 20.9 Å². The lowest BCUT2D eigenvalue weighted by Gasteiger charge is -2.32. The zero-order chi connectivity index (χ0) is 20.2. The summed E-state index contributed by atoms with van der Waals surface area (Å²) < 4.78 is 5.48. The zero-order valence-corrected chi connectivity index (χ0v) is 16.8. The number of hydrogen-bond acceptors (Lipinski definition) is 7. The molecule has 0 saturated carbocycles. The SMILES string of the molecule is Cc1cnc(Nc2ccccc2N2CCOCC2)nc1N1CCC(C(N)=O)CC1.